The molecule has 3 nitrogen and oxygen atoms in total. The van der Waals surface area contributed by atoms with Gasteiger partial charge in [0.15, 0.2) is 0 Å². The van der Waals surface area contributed by atoms with Crippen LogP contribution in [0.3, 0.4) is 0 Å². The second-order valence-electron chi connectivity index (χ2n) is 4.34. The number of benzene rings is 1. The maximum atomic E-state index is 11.8. The Hall–Kier alpha value is -1.61. The van der Waals surface area contributed by atoms with Crippen LogP contribution in [0.2, 0.25) is 0 Å². The molecule has 3 heteroatoms. The van der Waals surface area contributed by atoms with Gasteiger partial charge in [-0.2, -0.15) is 0 Å². The molecule has 0 saturated heterocycles. The molecule has 0 fully saturated rings. The molecule has 0 aliphatic rings. The Bertz CT molecular complexity index is 360. The van der Waals surface area contributed by atoms with E-state index in [9.17, 15) is 4.79 Å². The number of nitrogens with one attached hydrogen (secondary N) is 2. The number of hydrogen-bond donors (Lipinski definition) is 2. The number of carbonyl (C=O) groups is 1. The van der Waals surface area contributed by atoms with E-state index in [2.05, 4.69) is 31.3 Å². The lowest BCUT2D eigenvalue weighted by Gasteiger charge is -2.21. The molecule has 1 amide bonds. The molecule has 17 heavy (non-hydrogen) atoms. The SMILES string of the molecule is C=CCC(NNC(=O)c1ccccc1)C(C)C. The van der Waals surface area contributed by atoms with Crippen molar-refractivity contribution >= 4 is 5.91 Å². The maximum Gasteiger partial charge on any atom is 0.265 e. The van der Waals surface area contributed by atoms with Gasteiger partial charge in [-0.25, -0.2) is 5.43 Å². The summed E-state index contributed by atoms with van der Waals surface area (Å²) in [7, 11) is 0. The van der Waals surface area contributed by atoms with Gasteiger partial charge in [-0.1, -0.05) is 38.1 Å². The predicted molar refractivity (Wildman–Crippen MR) is 70.5 cm³/mol. The minimum Gasteiger partial charge on any atom is -0.287 e. The normalized spacial score (nSPS) is 12.2. The molecule has 92 valence electrons. The van der Waals surface area contributed by atoms with Crippen molar-refractivity contribution in [3.05, 3.63) is 48.6 Å². The van der Waals surface area contributed by atoms with E-state index in [-0.39, 0.29) is 11.9 Å². The van der Waals surface area contributed by atoms with Crippen LogP contribution in [0, 0.1) is 5.92 Å². The van der Waals surface area contributed by atoms with Gasteiger partial charge >= 0.3 is 0 Å². The summed E-state index contributed by atoms with van der Waals surface area (Å²) in [5.41, 5.74) is 6.43. The molecule has 1 aromatic carbocycles. The van der Waals surface area contributed by atoms with E-state index < -0.39 is 0 Å². The van der Waals surface area contributed by atoms with E-state index in [4.69, 9.17) is 0 Å². The minimum atomic E-state index is -0.111. The fourth-order valence-corrected chi connectivity index (χ4v) is 1.50. The summed E-state index contributed by atoms with van der Waals surface area (Å²) in [5, 5.41) is 0. The second-order valence-corrected chi connectivity index (χ2v) is 4.34. The van der Waals surface area contributed by atoms with Crippen LogP contribution in [-0.2, 0) is 0 Å². The summed E-state index contributed by atoms with van der Waals surface area (Å²) in [6, 6.07) is 9.36. The Labute approximate surface area is 103 Å². The molecule has 0 aliphatic heterocycles. The summed E-state index contributed by atoms with van der Waals surface area (Å²) in [6.45, 7) is 7.93. The Kier molecular flexibility index (Phi) is 5.43. The van der Waals surface area contributed by atoms with E-state index >= 15 is 0 Å². The van der Waals surface area contributed by atoms with Crippen molar-refractivity contribution in [2.75, 3.05) is 0 Å². The third kappa shape index (κ3) is 4.41. The number of hydrazine groups is 1. The van der Waals surface area contributed by atoms with Crippen molar-refractivity contribution in [2.24, 2.45) is 5.92 Å². The highest BCUT2D eigenvalue weighted by Gasteiger charge is 2.12. The molecule has 1 atom stereocenters. The average molecular weight is 232 g/mol. The third-order valence-electron chi connectivity index (χ3n) is 2.63. The highest BCUT2D eigenvalue weighted by Crippen LogP contribution is 2.05. The summed E-state index contributed by atoms with van der Waals surface area (Å²) >= 11 is 0. The van der Waals surface area contributed by atoms with E-state index in [1.54, 1.807) is 12.1 Å². The van der Waals surface area contributed by atoms with Crippen LogP contribution >= 0.6 is 0 Å². The van der Waals surface area contributed by atoms with Gasteiger partial charge in [0.2, 0.25) is 0 Å². The first kappa shape index (κ1) is 13.5. The molecule has 0 aliphatic carbocycles. The van der Waals surface area contributed by atoms with Crippen LogP contribution in [0.1, 0.15) is 30.6 Å². The van der Waals surface area contributed by atoms with Crippen LogP contribution in [0.5, 0.6) is 0 Å². The van der Waals surface area contributed by atoms with Crippen molar-refractivity contribution < 1.29 is 4.79 Å². The van der Waals surface area contributed by atoms with Crippen molar-refractivity contribution in [3.8, 4) is 0 Å². The van der Waals surface area contributed by atoms with Gasteiger partial charge in [-0.05, 0) is 24.5 Å². The topological polar surface area (TPSA) is 41.1 Å². The molecule has 1 rings (SSSR count). The summed E-state index contributed by atoms with van der Waals surface area (Å²) < 4.78 is 0. The van der Waals surface area contributed by atoms with E-state index in [0.717, 1.165) is 6.42 Å². The lowest BCUT2D eigenvalue weighted by atomic mass is 10.0. The summed E-state index contributed by atoms with van der Waals surface area (Å²) in [5.74, 6) is 0.324. The number of rotatable bonds is 6. The quantitative estimate of drug-likeness (QED) is 0.584. The zero-order valence-corrected chi connectivity index (χ0v) is 10.4. The van der Waals surface area contributed by atoms with Crippen molar-refractivity contribution in [1.29, 1.82) is 0 Å². The number of amides is 1. The van der Waals surface area contributed by atoms with Crippen LogP contribution in [0.4, 0.5) is 0 Å². The van der Waals surface area contributed by atoms with E-state index in [0.29, 0.717) is 11.5 Å². The van der Waals surface area contributed by atoms with Crippen LogP contribution in [0.15, 0.2) is 43.0 Å². The second kappa shape index (κ2) is 6.86. The first-order valence-corrected chi connectivity index (χ1v) is 5.87. The lowest BCUT2D eigenvalue weighted by Crippen LogP contribution is -2.46. The van der Waals surface area contributed by atoms with Gasteiger partial charge < -0.3 is 0 Å². The van der Waals surface area contributed by atoms with Crippen LogP contribution < -0.4 is 10.9 Å². The van der Waals surface area contributed by atoms with Crippen molar-refractivity contribution in [3.63, 3.8) is 0 Å². The fourth-order valence-electron chi connectivity index (χ4n) is 1.50. The molecular weight excluding hydrogens is 212 g/mol. The Balaban J connectivity index is 2.49. The van der Waals surface area contributed by atoms with Gasteiger partial charge in [0.25, 0.3) is 5.91 Å². The highest BCUT2D eigenvalue weighted by molar-refractivity contribution is 5.93. The summed E-state index contributed by atoms with van der Waals surface area (Å²) in [4.78, 5) is 11.8. The molecule has 0 spiro atoms. The van der Waals surface area contributed by atoms with E-state index in [1.165, 1.54) is 0 Å². The Morgan fingerprint density at radius 3 is 2.53 bits per heavy atom. The Morgan fingerprint density at radius 2 is 2.00 bits per heavy atom. The van der Waals surface area contributed by atoms with E-state index in [1.807, 2.05) is 24.3 Å². The molecule has 0 heterocycles. The summed E-state index contributed by atoms with van der Waals surface area (Å²) in [6.07, 6.45) is 2.68. The third-order valence-corrected chi connectivity index (χ3v) is 2.63. The molecule has 2 N–H and O–H groups in total. The fraction of sp³-hybridized carbons (Fsp3) is 0.357. The van der Waals surface area contributed by atoms with Gasteiger partial charge in [0.05, 0.1) is 0 Å². The number of carbonyl (C=O) groups excluding carboxylic acids is 1. The smallest absolute Gasteiger partial charge is 0.265 e. The minimum absolute atomic E-state index is 0.111. The molecular formula is C14H20N2O. The van der Waals surface area contributed by atoms with Crippen molar-refractivity contribution in [1.82, 2.24) is 10.9 Å². The molecule has 0 bridgehead atoms. The lowest BCUT2D eigenvalue weighted by molar-refractivity contribution is 0.0920. The Morgan fingerprint density at radius 1 is 1.35 bits per heavy atom. The van der Waals surface area contributed by atoms with Crippen LogP contribution in [-0.4, -0.2) is 11.9 Å². The zero-order chi connectivity index (χ0) is 12.7. The zero-order valence-electron chi connectivity index (χ0n) is 10.4. The molecule has 0 aromatic heterocycles. The average Bonchev–Trinajstić information content (AvgIpc) is 2.34. The van der Waals surface area contributed by atoms with Gasteiger partial charge in [-0.3, -0.25) is 10.2 Å². The predicted octanol–water partition coefficient (Wildman–Crippen LogP) is 2.52. The largest absolute Gasteiger partial charge is 0.287 e. The van der Waals surface area contributed by atoms with Crippen LogP contribution in [0.25, 0.3) is 0 Å². The van der Waals surface area contributed by atoms with Gasteiger partial charge in [0, 0.05) is 11.6 Å². The van der Waals surface area contributed by atoms with Crippen molar-refractivity contribution in [2.45, 2.75) is 26.3 Å². The molecule has 0 saturated carbocycles. The van der Waals surface area contributed by atoms with Gasteiger partial charge in [0.1, 0.15) is 0 Å². The molecule has 1 aromatic rings. The number of hydrogen-bond acceptors (Lipinski definition) is 2. The first-order valence-electron chi connectivity index (χ1n) is 5.87. The maximum absolute atomic E-state index is 11.8. The standard InChI is InChI=1S/C14H20N2O/c1-4-8-13(11(2)3)15-16-14(17)12-9-6-5-7-10-12/h4-7,9-11,13,15H,1,8H2,2-3H3,(H,16,17). The first-order chi connectivity index (χ1) is 8.15. The molecule has 1 unspecified atom stereocenters. The molecule has 0 radical (unpaired) electrons. The highest BCUT2D eigenvalue weighted by atomic mass is 16.2. The monoisotopic (exact) mass is 232 g/mol. The van der Waals surface area contributed by atoms with Gasteiger partial charge in [-0.15, -0.1) is 6.58 Å².